The molecule has 1 amide bonds. The largest absolute Gasteiger partial charge is 0.486 e. The molecule has 3 aromatic rings. The summed E-state index contributed by atoms with van der Waals surface area (Å²) >= 11 is 13.2. The highest BCUT2D eigenvalue weighted by Gasteiger charge is 2.73. The van der Waals surface area contributed by atoms with Crippen molar-refractivity contribution in [1.82, 2.24) is 4.90 Å². The Hall–Kier alpha value is -3.20. The molecule has 0 unspecified atom stereocenters. The van der Waals surface area contributed by atoms with Gasteiger partial charge in [0, 0.05) is 34.3 Å². The highest BCUT2D eigenvalue weighted by Crippen LogP contribution is 2.58. The molecule has 0 radical (unpaired) electrons. The van der Waals surface area contributed by atoms with Crippen LogP contribution in [-0.4, -0.2) is 34.4 Å². The zero-order valence-corrected chi connectivity index (χ0v) is 21.0. The molecule has 3 aromatic carbocycles. The first kappa shape index (κ1) is 24.2. The standard InChI is InChI=1S/C27H22Cl2FN3O4/c28-18-12-16(13-19(29)24(18)37-14-15-6-1-3-8-20(15)30)23-22-10-5-11-32(22)27(25(23)33(35)36)17-7-2-4-9-21(17)31-26(27)34/h1-4,6-9,12-13,22-23,25H,5,10-11,14H2,(H,31,34)/t22-,23-,25+,27-/m0/s1. The van der Waals surface area contributed by atoms with Crippen molar-refractivity contribution in [3.05, 3.63) is 103 Å². The van der Waals surface area contributed by atoms with Crippen LogP contribution in [0.1, 0.15) is 35.4 Å². The van der Waals surface area contributed by atoms with E-state index in [1.807, 2.05) is 4.90 Å². The van der Waals surface area contributed by atoms with E-state index < -0.39 is 23.3 Å². The third kappa shape index (κ3) is 3.54. The van der Waals surface area contributed by atoms with E-state index in [2.05, 4.69) is 5.32 Å². The number of amides is 1. The lowest BCUT2D eigenvalue weighted by Crippen LogP contribution is -2.55. The molecule has 190 valence electrons. The second-order valence-electron chi connectivity index (χ2n) is 9.62. The Morgan fingerprint density at radius 2 is 1.84 bits per heavy atom. The SMILES string of the molecule is O=C1Nc2ccccc2[C@]12[C@H]([N+](=O)[O-])[C@@H](c1cc(Cl)c(OCc3ccccc3F)c(Cl)c1)[C@@H]1CCCN12. The van der Waals surface area contributed by atoms with Crippen LogP contribution in [0.2, 0.25) is 10.0 Å². The van der Waals surface area contributed by atoms with Crippen LogP contribution in [-0.2, 0) is 16.9 Å². The first-order valence-electron chi connectivity index (χ1n) is 12.0. The number of nitrogens with one attached hydrogen (secondary N) is 1. The average Bonchev–Trinajstić information content (AvgIpc) is 3.52. The number of anilines is 1. The maximum atomic E-state index is 14.0. The van der Waals surface area contributed by atoms with Gasteiger partial charge in [0.2, 0.25) is 0 Å². The van der Waals surface area contributed by atoms with Crippen LogP contribution in [0.4, 0.5) is 10.1 Å². The third-order valence-electron chi connectivity index (χ3n) is 7.83. The Bertz CT molecular complexity index is 1410. The Labute approximate surface area is 222 Å². The number of nitro groups is 1. The topological polar surface area (TPSA) is 84.7 Å². The number of rotatable bonds is 5. The lowest BCUT2D eigenvalue weighted by atomic mass is 9.77. The predicted octanol–water partition coefficient (Wildman–Crippen LogP) is 5.77. The van der Waals surface area contributed by atoms with Gasteiger partial charge in [-0.2, -0.15) is 0 Å². The molecule has 3 aliphatic heterocycles. The Morgan fingerprint density at radius 3 is 2.57 bits per heavy atom. The van der Waals surface area contributed by atoms with Crippen molar-refractivity contribution >= 4 is 34.8 Å². The van der Waals surface area contributed by atoms with E-state index in [1.54, 1.807) is 54.6 Å². The predicted molar refractivity (Wildman–Crippen MR) is 137 cm³/mol. The molecule has 10 heteroatoms. The van der Waals surface area contributed by atoms with Gasteiger partial charge in [0.15, 0.2) is 11.3 Å². The van der Waals surface area contributed by atoms with Gasteiger partial charge in [0.1, 0.15) is 12.4 Å². The van der Waals surface area contributed by atoms with E-state index in [9.17, 15) is 19.3 Å². The van der Waals surface area contributed by atoms with Crippen molar-refractivity contribution in [2.45, 2.75) is 43.0 Å². The summed E-state index contributed by atoms with van der Waals surface area (Å²) in [6.45, 7) is 0.488. The number of halogens is 3. The van der Waals surface area contributed by atoms with Crippen LogP contribution in [0.15, 0.2) is 60.7 Å². The zero-order chi connectivity index (χ0) is 25.9. The highest BCUT2D eigenvalue weighted by molar-refractivity contribution is 6.37. The zero-order valence-electron chi connectivity index (χ0n) is 19.5. The molecule has 2 saturated heterocycles. The second-order valence-corrected chi connectivity index (χ2v) is 10.4. The normalized spacial score (nSPS) is 26.2. The van der Waals surface area contributed by atoms with Crippen LogP contribution in [0.3, 0.4) is 0 Å². The smallest absolute Gasteiger partial charge is 0.256 e. The van der Waals surface area contributed by atoms with Crippen molar-refractivity contribution < 1.29 is 18.8 Å². The molecular weight excluding hydrogens is 520 g/mol. The van der Waals surface area contributed by atoms with Crippen molar-refractivity contribution in [2.75, 3.05) is 11.9 Å². The molecule has 37 heavy (non-hydrogen) atoms. The number of benzene rings is 3. The van der Waals surface area contributed by atoms with E-state index in [1.165, 1.54) is 6.07 Å². The number of fused-ring (bicyclic) bond motifs is 4. The fraction of sp³-hybridized carbons (Fsp3) is 0.296. The average molecular weight is 542 g/mol. The summed E-state index contributed by atoms with van der Waals surface area (Å²) in [6, 6.07) is 15.1. The Kier molecular flexibility index (Phi) is 5.86. The summed E-state index contributed by atoms with van der Waals surface area (Å²) < 4.78 is 19.8. The summed E-state index contributed by atoms with van der Waals surface area (Å²) in [5.74, 6) is -1.25. The molecule has 0 bridgehead atoms. The van der Waals surface area contributed by atoms with Crippen LogP contribution in [0.5, 0.6) is 5.75 Å². The van der Waals surface area contributed by atoms with Crippen molar-refractivity contribution in [3.8, 4) is 5.75 Å². The molecule has 0 aliphatic carbocycles. The lowest BCUT2D eigenvalue weighted by Gasteiger charge is -2.32. The minimum Gasteiger partial charge on any atom is -0.486 e. The van der Waals surface area contributed by atoms with Gasteiger partial charge < -0.3 is 10.1 Å². The summed E-state index contributed by atoms with van der Waals surface area (Å²) in [7, 11) is 0. The monoisotopic (exact) mass is 541 g/mol. The second kappa shape index (κ2) is 8.97. The molecule has 1 N–H and O–H groups in total. The fourth-order valence-electron chi connectivity index (χ4n) is 6.45. The number of carbonyl (C=O) groups is 1. The Balaban J connectivity index is 1.42. The molecule has 0 aromatic heterocycles. The molecule has 3 heterocycles. The molecule has 7 nitrogen and oxygen atoms in total. The van der Waals surface area contributed by atoms with Crippen molar-refractivity contribution in [3.63, 3.8) is 0 Å². The Morgan fingerprint density at radius 1 is 1.14 bits per heavy atom. The van der Waals surface area contributed by atoms with Gasteiger partial charge in [0.25, 0.3) is 11.9 Å². The van der Waals surface area contributed by atoms with Crippen LogP contribution in [0.25, 0.3) is 0 Å². The number of carbonyl (C=O) groups excluding carboxylic acids is 1. The number of nitrogens with zero attached hydrogens (tertiary/aromatic N) is 2. The molecule has 3 aliphatic rings. The van der Waals surface area contributed by atoms with E-state index in [0.717, 1.165) is 6.42 Å². The van der Waals surface area contributed by atoms with Gasteiger partial charge in [-0.25, -0.2) is 4.39 Å². The maximum Gasteiger partial charge on any atom is 0.256 e. The van der Waals surface area contributed by atoms with Gasteiger partial charge in [-0.15, -0.1) is 0 Å². The first-order valence-corrected chi connectivity index (χ1v) is 12.8. The number of ether oxygens (including phenoxy) is 1. The van der Waals surface area contributed by atoms with Crippen molar-refractivity contribution in [2.24, 2.45) is 0 Å². The van der Waals surface area contributed by atoms with Gasteiger partial charge in [-0.1, -0.05) is 59.6 Å². The van der Waals surface area contributed by atoms with Crippen LogP contribution in [0, 0.1) is 15.9 Å². The number of para-hydroxylation sites is 1. The first-order chi connectivity index (χ1) is 17.8. The molecule has 4 atom stereocenters. The molecular formula is C27H22Cl2FN3O4. The molecule has 2 fully saturated rings. The van der Waals surface area contributed by atoms with Gasteiger partial charge in [-0.3, -0.25) is 19.8 Å². The molecule has 1 spiro atoms. The van der Waals surface area contributed by atoms with E-state index in [4.69, 9.17) is 27.9 Å². The summed E-state index contributed by atoms with van der Waals surface area (Å²) in [5.41, 5.74) is 0.709. The van der Waals surface area contributed by atoms with E-state index in [0.29, 0.717) is 35.3 Å². The molecule has 0 saturated carbocycles. The fourth-order valence-corrected chi connectivity index (χ4v) is 7.06. The summed E-state index contributed by atoms with van der Waals surface area (Å²) in [6.07, 6.45) is 1.51. The van der Waals surface area contributed by atoms with Crippen LogP contribution >= 0.6 is 23.2 Å². The summed E-state index contributed by atoms with van der Waals surface area (Å²) in [5, 5.41) is 16.0. The third-order valence-corrected chi connectivity index (χ3v) is 8.39. The number of hydrogen-bond donors (Lipinski definition) is 1. The van der Waals surface area contributed by atoms with Gasteiger partial charge >= 0.3 is 0 Å². The highest BCUT2D eigenvalue weighted by atomic mass is 35.5. The van der Waals surface area contributed by atoms with Gasteiger partial charge in [-0.05, 0) is 42.7 Å². The maximum absolute atomic E-state index is 14.0. The van der Waals surface area contributed by atoms with Crippen molar-refractivity contribution in [1.29, 1.82) is 0 Å². The molecule has 6 rings (SSSR count). The van der Waals surface area contributed by atoms with Gasteiger partial charge in [0.05, 0.1) is 16.0 Å². The minimum atomic E-state index is -1.43. The lowest BCUT2D eigenvalue weighted by molar-refractivity contribution is -0.534. The summed E-state index contributed by atoms with van der Waals surface area (Å²) in [4.78, 5) is 28.0. The number of hydrogen-bond acceptors (Lipinski definition) is 5. The van der Waals surface area contributed by atoms with Crippen LogP contribution < -0.4 is 10.1 Å². The van der Waals surface area contributed by atoms with E-state index >= 15 is 0 Å². The minimum absolute atomic E-state index is 0.0805. The van der Waals surface area contributed by atoms with E-state index in [-0.39, 0.29) is 39.3 Å². The quantitative estimate of drug-likeness (QED) is 0.327.